The molecule has 0 unspecified atom stereocenters. The molecular weight excluding hydrogens is 200 g/mol. The molecule has 4 nitrogen and oxygen atoms in total. The molecule has 0 spiro atoms. The molecule has 1 saturated carbocycles. The number of nitrogens with zero attached hydrogens (tertiary/aromatic N) is 3. The van der Waals surface area contributed by atoms with E-state index in [0.29, 0.717) is 0 Å². The van der Waals surface area contributed by atoms with E-state index < -0.39 is 0 Å². The molecule has 0 aliphatic heterocycles. The summed E-state index contributed by atoms with van der Waals surface area (Å²) in [7, 11) is 2.01. The lowest BCUT2D eigenvalue weighted by molar-refractivity contribution is 0.263. The van der Waals surface area contributed by atoms with Crippen LogP contribution in [0.25, 0.3) is 0 Å². The third-order valence-electron chi connectivity index (χ3n) is 3.29. The van der Waals surface area contributed by atoms with Crippen molar-refractivity contribution in [3.63, 3.8) is 0 Å². The molecule has 0 bridgehead atoms. The lowest BCUT2D eigenvalue weighted by Gasteiger charge is -2.21. The van der Waals surface area contributed by atoms with Gasteiger partial charge in [-0.25, -0.2) is 0 Å². The van der Waals surface area contributed by atoms with Crippen LogP contribution in [0.3, 0.4) is 0 Å². The summed E-state index contributed by atoms with van der Waals surface area (Å²) in [5.41, 5.74) is 6.89. The SMILES string of the molecule is Cn1nccc1CCN(CCCN)C1CC1. The standard InChI is InChI=1S/C12H22N4/c1-15-11(5-8-14-15)6-10-16(9-2-7-13)12-3-4-12/h5,8,12H,2-4,6-7,9-10,13H2,1H3. The van der Waals surface area contributed by atoms with Crippen molar-refractivity contribution >= 4 is 0 Å². The Morgan fingerprint density at radius 2 is 2.31 bits per heavy atom. The molecule has 0 atom stereocenters. The largest absolute Gasteiger partial charge is 0.330 e. The van der Waals surface area contributed by atoms with Crippen molar-refractivity contribution in [3.05, 3.63) is 18.0 Å². The zero-order valence-corrected chi connectivity index (χ0v) is 10.1. The van der Waals surface area contributed by atoms with Gasteiger partial charge in [0.25, 0.3) is 0 Å². The Hall–Kier alpha value is -0.870. The van der Waals surface area contributed by atoms with Gasteiger partial charge in [0, 0.05) is 37.9 Å². The number of hydrogen-bond acceptors (Lipinski definition) is 3. The topological polar surface area (TPSA) is 47.1 Å². The summed E-state index contributed by atoms with van der Waals surface area (Å²) in [5.74, 6) is 0. The molecule has 4 heteroatoms. The molecule has 1 aliphatic carbocycles. The summed E-state index contributed by atoms with van der Waals surface area (Å²) in [6, 6.07) is 2.94. The molecule has 0 radical (unpaired) electrons. The normalized spacial score (nSPS) is 15.9. The predicted molar refractivity (Wildman–Crippen MR) is 65.2 cm³/mol. The van der Waals surface area contributed by atoms with Crippen LogP contribution >= 0.6 is 0 Å². The number of rotatable bonds is 7. The zero-order chi connectivity index (χ0) is 11.4. The first kappa shape index (κ1) is 11.6. The molecule has 0 amide bonds. The zero-order valence-electron chi connectivity index (χ0n) is 10.1. The van der Waals surface area contributed by atoms with Gasteiger partial charge < -0.3 is 5.73 Å². The Bertz CT molecular complexity index is 317. The maximum atomic E-state index is 5.57. The molecule has 1 heterocycles. The minimum atomic E-state index is 0.801. The molecule has 2 rings (SSSR count). The van der Waals surface area contributed by atoms with Crippen LogP contribution in [0.4, 0.5) is 0 Å². The van der Waals surface area contributed by atoms with Crippen molar-refractivity contribution in [3.8, 4) is 0 Å². The first-order valence-corrected chi connectivity index (χ1v) is 6.22. The van der Waals surface area contributed by atoms with Crippen LogP contribution in [-0.4, -0.2) is 40.4 Å². The van der Waals surface area contributed by atoms with E-state index in [1.165, 1.54) is 18.5 Å². The minimum absolute atomic E-state index is 0.801. The van der Waals surface area contributed by atoms with Crippen LogP contribution in [0, 0.1) is 0 Å². The van der Waals surface area contributed by atoms with Crippen molar-refractivity contribution in [1.82, 2.24) is 14.7 Å². The van der Waals surface area contributed by atoms with Gasteiger partial charge in [-0.2, -0.15) is 5.10 Å². The van der Waals surface area contributed by atoms with Gasteiger partial charge in [0.15, 0.2) is 0 Å². The molecular formula is C12H22N4. The van der Waals surface area contributed by atoms with Crippen molar-refractivity contribution in [1.29, 1.82) is 0 Å². The summed E-state index contributed by atoms with van der Waals surface area (Å²) in [4.78, 5) is 2.58. The lowest BCUT2D eigenvalue weighted by atomic mass is 10.2. The van der Waals surface area contributed by atoms with Crippen molar-refractivity contribution in [2.45, 2.75) is 31.7 Å². The molecule has 1 aliphatic rings. The average molecular weight is 222 g/mol. The van der Waals surface area contributed by atoms with E-state index in [1.54, 1.807) is 0 Å². The number of aromatic nitrogens is 2. The Balaban J connectivity index is 1.79. The van der Waals surface area contributed by atoms with Gasteiger partial charge in [-0.1, -0.05) is 0 Å². The quantitative estimate of drug-likeness (QED) is 0.741. The number of nitrogens with two attached hydrogens (primary N) is 1. The van der Waals surface area contributed by atoms with Gasteiger partial charge in [0.2, 0.25) is 0 Å². The van der Waals surface area contributed by atoms with E-state index in [0.717, 1.165) is 38.5 Å². The van der Waals surface area contributed by atoms with Crippen LogP contribution in [0.5, 0.6) is 0 Å². The van der Waals surface area contributed by atoms with E-state index in [2.05, 4.69) is 16.1 Å². The smallest absolute Gasteiger partial charge is 0.0492 e. The maximum absolute atomic E-state index is 5.57. The fraction of sp³-hybridized carbons (Fsp3) is 0.750. The van der Waals surface area contributed by atoms with Gasteiger partial charge in [0.05, 0.1) is 0 Å². The summed E-state index contributed by atoms with van der Waals surface area (Å²) in [6.07, 6.45) is 6.82. The molecule has 16 heavy (non-hydrogen) atoms. The summed E-state index contributed by atoms with van der Waals surface area (Å²) in [6.45, 7) is 3.10. The maximum Gasteiger partial charge on any atom is 0.0492 e. The van der Waals surface area contributed by atoms with Crippen LogP contribution in [0.15, 0.2) is 12.3 Å². The van der Waals surface area contributed by atoms with E-state index in [9.17, 15) is 0 Å². The highest BCUT2D eigenvalue weighted by molar-refractivity contribution is 5.01. The van der Waals surface area contributed by atoms with Crippen LogP contribution in [0.1, 0.15) is 25.0 Å². The van der Waals surface area contributed by atoms with E-state index in [1.807, 2.05) is 17.9 Å². The van der Waals surface area contributed by atoms with Crippen LogP contribution < -0.4 is 5.73 Å². The van der Waals surface area contributed by atoms with E-state index in [4.69, 9.17) is 5.73 Å². The molecule has 0 saturated heterocycles. The second kappa shape index (κ2) is 5.46. The monoisotopic (exact) mass is 222 g/mol. The van der Waals surface area contributed by atoms with E-state index >= 15 is 0 Å². The molecule has 1 aromatic rings. The summed E-state index contributed by atoms with van der Waals surface area (Å²) in [5, 5.41) is 4.20. The lowest BCUT2D eigenvalue weighted by Crippen LogP contribution is -2.31. The van der Waals surface area contributed by atoms with Crippen molar-refractivity contribution in [2.24, 2.45) is 12.8 Å². The van der Waals surface area contributed by atoms with E-state index in [-0.39, 0.29) is 0 Å². The predicted octanol–water partition coefficient (Wildman–Crippen LogP) is 0.776. The second-order valence-corrected chi connectivity index (χ2v) is 4.61. The average Bonchev–Trinajstić information content (AvgIpc) is 3.04. The molecule has 1 aromatic heterocycles. The van der Waals surface area contributed by atoms with Crippen LogP contribution in [0.2, 0.25) is 0 Å². The first-order chi connectivity index (χ1) is 7.81. The molecule has 0 aromatic carbocycles. The molecule has 1 fully saturated rings. The fourth-order valence-corrected chi connectivity index (χ4v) is 2.12. The summed E-state index contributed by atoms with van der Waals surface area (Å²) >= 11 is 0. The minimum Gasteiger partial charge on any atom is -0.330 e. The number of aryl methyl sites for hydroxylation is 1. The Morgan fingerprint density at radius 3 is 2.88 bits per heavy atom. The molecule has 90 valence electrons. The molecule has 2 N–H and O–H groups in total. The van der Waals surface area contributed by atoms with Gasteiger partial charge in [0.1, 0.15) is 0 Å². The number of hydrogen-bond donors (Lipinski definition) is 1. The summed E-state index contributed by atoms with van der Waals surface area (Å²) < 4.78 is 1.97. The Kier molecular flexibility index (Phi) is 3.96. The first-order valence-electron chi connectivity index (χ1n) is 6.22. The van der Waals surface area contributed by atoms with Crippen molar-refractivity contribution in [2.75, 3.05) is 19.6 Å². The van der Waals surface area contributed by atoms with Gasteiger partial charge >= 0.3 is 0 Å². The van der Waals surface area contributed by atoms with Gasteiger partial charge in [-0.15, -0.1) is 0 Å². The van der Waals surface area contributed by atoms with Crippen molar-refractivity contribution < 1.29 is 0 Å². The Morgan fingerprint density at radius 1 is 1.50 bits per heavy atom. The highest BCUT2D eigenvalue weighted by Crippen LogP contribution is 2.26. The third-order valence-corrected chi connectivity index (χ3v) is 3.29. The highest BCUT2D eigenvalue weighted by Gasteiger charge is 2.28. The second-order valence-electron chi connectivity index (χ2n) is 4.61. The van der Waals surface area contributed by atoms with Crippen LogP contribution in [-0.2, 0) is 13.5 Å². The Labute approximate surface area is 97.4 Å². The highest BCUT2D eigenvalue weighted by atomic mass is 15.3. The van der Waals surface area contributed by atoms with Gasteiger partial charge in [-0.3, -0.25) is 9.58 Å². The third kappa shape index (κ3) is 3.06. The van der Waals surface area contributed by atoms with Gasteiger partial charge in [-0.05, 0) is 38.4 Å². The fourth-order valence-electron chi connectivity index (χ4n) is 2.12.